The molecule has 0 N–H and O–H groups in total. The van der Waals surface area contributed by atoms with Crippen molar-refractivity contribution >= 4 is 34.3 Å². The van der Waals surface area contributed by atoms with Crippen molar-refractivity contribution in [2.75, 3.05) is 26.7 Å². The van der Waals surface area contributed by atoms with Gasteiger partial charge in [0.1, 0.15) is 5.69 Å². The highest BCUT2D eigenvalue weighted by Crippen LogP contribution is 2.40. The van der Waals surface area contributed by atoms with Crippen molar-refractivity contribution in [1.29, 1.82) is 0 Å². The Balaban J connectivity index is 1.64. The van der Waals surface area contributed by atoms with Crippen LogP contribution in [0, 0.1) is 5.41 Å². The highest BCUT2D eigenvalue weighted by molar-refractivity contribution is 6.35. The molecule has 0 aliphatic carbocycles. The van der Waals surface area contributed by atoms with E-state index in [-0.39, 0.29) is 17.2 Å². The molecule has 132 valence electrons. The van der Waals surface area contributed by atoms with Crippen molar-refractivity contribution in [1.82, 2.24) is 14.4 Å². The van der Waals surface area contributed by atoms with Gasteiger partial charge in [0.15, 0.2) is 0 Å². The lowest BCUT2D eigenvalue weighted by Crippen LogP contribution is -2.48. The number of carbonyl (C=O) groups is 2. The van der Waals surface area contributed by atoms with Gasteiger partial charge in [-0.2, -0.15) is 0 Å². The number of hydrogen-bond acceptors (Lipinski definition) is 2. The molecule has 5 nitrogen and oxygen atoms in total. The third-order valence-electron chi connectivity index (χ3n) is 5.84. The van der Waals surface area contributed by atoms with Gasteiger partial charge in [0, 0.05) is 49.7 Å². The summed E-state index contributed by atoms with van der Waals surface area (Å²) in [7, 11) is 3.75. The van der Waals surface area contributed by atoms with Crippen LogP contribution < -0.4 is 0 Å². The molecule has 4 rings (SSSR count). The SMILES string of the molecule is CN1CCC[C@@]2(CCN(C(=O)c3cc4c(Cl)cccc4n3C)C2)C1=O. The smallest absolute Gasteiger partial charge is 0.270 e. The van der Waals surface area contributed by atoms with Crippen LogP contribution >= 0.6 is 11.6 Å². The third-order valence-corrected chi connectivity index (χ3v) is 6.17. The number of hydrogen-bond donors (Lipinski definition) is 0. The summed E-state index contributed by atoms with van der Waals surface area (Å²) in [4.78, 5) is 29.4. The average molecular weight is 360 g/mol. The normalized spacial score (nSPS) is 23.9. The molecule has 2 fully saturated rings. The summed E-state index contributed by atoms with van der Waals surface area (Å²) in [5.41, 5.74) is 1.18. The van der Waals surface area contributed by atoms with Crippen molar-refractivity contribution in [2.24, 2.45) is 12.5 Å². The van der Waals surface area contributed by atoms with Crippen molar-refractivity contribution in [2.45, 2.75) is 19.3 Å². The van der Waals surface area contributed by atoms with Crippen LogP contribution in [0.2, 0.25) is 5.02 Å². The number of piperidine rings is 1. The quantitative estimate of drug-likeness (QED) is 0.786. The molecule has 0 unspecified atom stereocenters. The zero-order valence-corrected chi connectivity index (χ0v) is 15.3. The fraction of sp³-hybridized carbons (Fsp3) is 0.474. The molecular formula is C19H22ClN3O2. The Labute approximate surface area is 152 Å². The molecule has 0 radical (unpaired) electrons. The molecule has 2 amide bonds. The molecule has 1 atom stereocenters. The van der Waals surface area contributed by atoms with E-state index in [4.69, 9.17) is 11.6 Å². The number of aryl methyl sites for hydroxylation is 1. The van der Waals surface area contributed by atoms with E-state index in [1.54, 1.807) is 0 Å². The van der Waals surface area contributed by atoms with Crippen LogP contribution in [0.25, 0.3) is 10.9 Å². The van der Waals surface area contributed by atoms with Gasteiger partial charge in [0.05, 0.1) is 5.41 Å². The maximum Gasteiger partial charge on any atom is 0.270 e. The predicted molar refractivity (Wildman–Crippen MR) is 97.8 cm³/mol. The number of benzene rings is 1. The molecule has 2 saturated heterocycles. The van der Waals surface area contributed by atoms with Gasteiger partial charge in [-0.3, -0.25) is 9.59 Å². The fourth-order valence-electron chi connectivity index (χ4n) is 4.38. The van der Waals surface area contributed by atoms with Crippen molar-refractivity contribution < 1.29 is 9.59 Å². The summed E-state index contributed by atoms with van der Waals surface area (Å²) in [5, 5.41) is 1.53. The molecule has 1 aromatic carbocycles. The Hall–Kier alpha value is -2.01. The third kappa shape index (κ3) is 2.44. The van der Waals surface area contributed by atoms with Crippen LogP contribution in [0.4, 0.5) is 0 Å². The van der Waals surface area contributed by atoms with Crippen LogP contribution in [-0.4, -0.2) is 52.9 Å². The minimum atomic E-state index is -0.384. The van der Waals surface area contributed by atoms with Gasteiger partial charge < -0.3 is 14.4 Å². The second-order valence-electron chi connectivity index (χ2n) is 7.35. The average Bonchev–Trinajstić information content (AvgIpc) is 3.16. The maximum absolute atomic E-state index is 13.1. The van der Waals surface area contributed by atoms with Gasteiger partial charge in [-0.15, -0.1) is 0 Å². The second-order valence-corrected chi connectivity index (χ2v) is 7.76. The van der Waals surface area contributed by atoms with Gasteiger partial charge in [-0.25, -0.2) is 0 Å². The van der Waals surface area contributed by atoms with E-state index in [9.17, 15) is 9.59 Å². The van der Waals surface area contributed by atoms with E-state index in [1.807, 2.05) is 52.7 Å². The second kappa shape index (κ2) is 5.77. The van der Waals surface area contributed by atoms with E-state index in [0.29, 0.717) is 23.8 Å². The van der Waals surface area contributed by atoms with E-state index in [0.717, 1.165) is 36.7 Å². The number of halogens is 1. The largest absolute Gasteiger partial charge is 0.345 e. The summed E-state index contributed by atoms with van der Waals surface area (Å²) < 4.78 is 1.89. The van der Waals surface area contributed by atoms with E-state index in [2.05, 4.69) is 0 Å². The molecule has 6 heteroatoms. The van der Waals surface area contributed by atoms with Gasteiger partial charge in [-0.05, 0) is 37.5 Å². The zero-order chi connectivity index (χ0) is 17.8. The predicted octanol–water partition coefficient (Wildman–Crippen LogP) is 2.92. The number of nitrogens with zero attached hydrogens (tertiary/aromatic N) is 3. The molecule has 2 aromatic rings. The first kappa shape index (κ1) is 16.5. The van der Waals surface area contributed by atoms with E-state index < -0.39 is 0 Å². The molecule has 0 bridgehead atoms. The van der Waals surface area contributed by atoms with Crippen molar-refractivity contribution in [3.05, 3.63) is 35.0 Å². The number of fused-ring (bicyclic) bond motifs is 1. The minimum absolute atomic E-state index is 0.0207. The number of aromatic nitrogens is 1. The minimum Gasteiger partial charge on any atom is -0.345 e. The van der Waals surface area contributed by atoms with Crippen LogP contribution in [-0.2, 0) is 11.8 Å². The Bertz CT molecular complexity index is 875. The Morgan fingerprint density at radius 1 is 1.20 bits per heavy atom. The van der Waals surface area contributed by atoms with Crippen LogP contribution in [0.3, 0.4) is 0 Å². The molecule has 2 aliphatic rings. The first-order valence-corrected chi connectivity index (χ1v) is 9.09. The summed E-state index contributed by atoms with van der Waals surface area (Å²) in [6.07, 6.45) is 2.64. The molecular weight excluding hydrogens is 338 g/mol. The lowest BCUT2D eigenvalue weighted by Gasteiger charge is -2.37. The number of carbonyl (C=O) groups excluding carboxylic acids is 2. The monoisotopic (exact) mass is 359 g/mol. The van der Waals surface area contributed by atoms with Crippen LogP contribution in [0.15, 0.2) is 24.3 Å². The molecule has 25 heavy (non-hydrogen) atoms. The molecule has 1 aromatic heterocycles. The van der Waals surface area contributed by atoms with Gasteiger partial charge in [0.2, 0.25) is 5.91 Å². The number of amides is 2. The van der Waals surface area contributed by atoms with Gasteiger partial charge in [0.25, 0.3) is 5.91 Å². The Kier molecular flexibility index (Phi) is 3.80. The van der Waals surface area contributed by atoms with Crippen LogP contribution in [0.1, 0.15) is 29.8 Å². The van der Waals surface area contributed by atoms with Gasteiger partial charge in [-0.1, -0.05) is 17.7 Å². The topological polar surface area (TPSA) is 45.5 Å². The van der Waals surface area contributed by atoms with Crippen molar-refractivity contribution in [3.63, 3.8) is 0 Å². The number of likely N-dealkylation sites (tertiary alicyclic amines) is 2. The Morgan fingerprint density at radius 2 is 2.00 bits per heavy atom. The summed E-state index contributed by atoms with van der Waals surface area (Å²) in [6.45, 7) is 1.97. The van der Waals surface area contributed by atoms with Gasteiger partial charge >= 0.3 is 0 Å². The van der Waals surface area contributed by atoms with Crippen molar-refractivity contribution in [3.8, 4) is 0 Å². The molecule has 1 spiro atoms. The molecule has 3 heterocycles. The fourth-order valence-corrected chi connectivity index (χ4v) is 4.61. The standard InChI is InChI=1S/C19H22ClN3O2/c1-21-9-4-7-19(18(21)25)8-10-23(12-19)17(24)16-11-13-14(20)5-3-6-15(13)22(16)2/h3,5-6,11H,4,7-10,12H2,1-2H3/t19-/m0/s1. The number of rotatable bonds is 1. The van der Waals surface area contributed by atoms with E-state index >= 15 is 0 Å². The lowest BCUT2D eigenvalue weighted by atomic mass is 9.78. The summed E-state index contributed by atoms with van der Waals surface area (Å²) in [6, 6.07) is 7.54. The maximum atomic E-state index is 13.1. The zero-order valence-electron chi connectivity index (χ0n) is 14.6. The van der Waals surface area contributed by atoms with E-state index in [1.165, 1.54) is 0 Å². The highest BCUT2D eigenvalue weighted by atomic mass is 35.5. The van der Waals surface area contributed by atoms with Crippen LogP contribution in [0.5, 0.6) is 0 Å². The molecule has 0 saturated carbocycles. The first-order valence-electron chi connectivity index (χ1n) is 8.72. The summed E-state index contributed by atoms with van der Waals surface area (Å²) >= 11 is 6.27. The Morgan fingerprint density at radius 3 is 2.76 bits per heavy atom. The lowest BCUT2D eigenvalue weighted by molar-refractivity contribution is -0.143. The highest BCUT2D eigenvalue weighted by Gasteiger charge is 2.48. The first-order chi connectivity index (χ1) is 11.9. The summed E-state index contributed by atoms with van der Waals surface area (Å²) in [5.74, 6) is 0.168. The molecule has 2 aliphatic heterocycles.